The molecule has 0 unspecified atom stereocenters. The summed E-state index contributed by atoms with van der Waals surface area (Å²) in [6, 6.07) is 14.4. The third-order valence-electron chi connectivity index (χ3n) is 4.80. The lowest BCUT2D eigenvalue weighted by Gasteiger charge is -2.12. The van der Waals surface area contributed by atoms with Crippen LogP contribution in [0.3, 0.4) is 0 Å². The molecule has 0 spiro atoms. The minimum atomic E-state index is -4.11. The second-order valence-electron chi connectivity index (χ2n) is 7.57. The van der Waals surface area contributed by atoms with Gasteiger partial charge in [-0.15, -0.1) is 0 Å². The van der Waals surface area contributed by atoms with Gasteiger partial charge in [0.2, 0.25) is 0 Å². The molecule has 0 saturated carbocycles. The van der Waals surface area contributed by atoms with Crippen molar-refractivity contribution in [3.63, 3.8) is 0 Å². The lowest BCUT2D eigenvalue weighted by molar-refractivity contribution is 0.0954. The Morgan fingerprint density at radius 2 is 1.78 bits per heavy atom. The van der Waals surface area contributed by atoms with Crippen molar-refractivity contribution < 1.29 is 26.9 Å². The summed E-state index contributed by atoms with van der Waals surface area (Å²) in [7, 11) is -2.62. The third-order valence-corrected chi connectivity index (χ3v) is 7.08. The van der Waals surface area contributed by atoms with Gasteiger partial charge in [0.25, 0.3) is 5.91 Å². The molecule has 11 heteroatoms. The molecular formula is C25H24Br2N2O6S. The average molecular weight is 640 g/mol. The lowest BCUT2D eigenvalue weighted by Crippen LogP contribution is -2.18. The highest BCUT2D eigenvalue weighted by atomic mass is 79.9. The number of hydrazone groups is 1. The second kappa shape index (κ2) is 12.4. The first-order valence-corrected chi connectivity index (χ1v) is 13.8. The second-order valence-corrected chi connectivity index (χ2v) is 10.9. The molecule has 0 aliphatic rings. The first-order chi connectivity index (χ1) is 17.1. The smallest absolute Gasteiger partial charge is 0.339 e. The summed E-state index contributed by atoms with van der Waals surface area (Å²) in [5, 5.41) is 3.99. The molecule has 1 amide bonds. The van der Waals surface area contributed by atoms with Crippen molar-refractivity contribution in [3.8, 4) is 17.2 Å². The number of carbonyl (C=O) groups excluding carboxylic acids is 1. The van der Waals surface area contributed by atoms with Gasteiger partial charge in [-0.3, -0.25) is 4.79 Å². The van der Waals surface area contributed by atoms with Crippen LogP contribution in [0.1, 0.15) is 34.8 Å². The van der Waals surface area contributed by atoms with Gasteiger partial charge in [0.15, 0.2) is 17.2 Å². The molecule has 0 aliphatic heterocycles. The van der Waals surface area contributed by atoms with E-state index >= 15 is 0 Å². The molecule has 0 radical (unpaired) electrons. The van der Waals surface area contributed by atoms with E-state index in [0.717, 1.165) is 12.0 Å². The Morgan fingerprint density at radius 1 is 1.06 bits per heavy atom. The predicted molar refractivity (Wildman–Crippen MR) is 145 cm³/mol. The molecule has 0 aromatic heterocycles. The predicted octanol–water partition coefficient (Wildman–Crippen LogP) is 5.85. The van der Waals surface area contributed by atoms with E-state index in [4.69, 9.17) is 13.7 Å². The number of ether oxygens (including phenoxy) is 2. The maximum absolute atomic E-state index is 12.8. The zero-order valence-corrected chi connectivity index (χ0v) is 23.7. The number of nitrogens with zero attached hydrogens (tertiary/aromatic N) is 1. The molecule has 3 aromatic rings. The maximum Gasteiger partial charge on any atom is 0.339 e. The van der Waals surface area contributed by atoms with Gasteiger partial charge >= 0.3 is 10.1 Å². The van der Waals surface area contributed by atoms with Crippen LogP contribution in [0.15, 0.2) is 73.5 Å². The van der Waals surface area contributed by atoms with Gasteiger partial charge in [0.05, 0.1) is 24.4 Å². The largest absolute Gasteiger partial charge is 0.493 e. The number of amides is 1. The fourth-order valence-corrected chi connectivity index (χ4v) is 5.41. The number of halogens is 2. The van der Waals surface area contributed by atoms with E-state index in [-0.39, 0.29) is 10.6 Å². The van der Waals surface area contributed by atoms with E-state index < -0.39 is 16.0 Å². The third kappa shape index (κ3) is 7.08. The number of methoxy groups -OCH3 is 1. The summed E-state index contributed by atoms with van der Waals surface area (Å²) in [5.74, 6) is 0.495. The van der Waals surface area contributed by atoms with Gasteiger partial charge in [-0.05, 0) is 71.7 Å². The molecule has 8 nitrogen and oxygen atoms in total. The van der Waals surface area contributed by atoms with Crippen molar-refractivity contribution in [3.05, 3.63) is 80.2 Å². The number of aryl methyl sites for hydroxylation is 1. The van der Waals surface area contributed by atoms with E-state index in [1.54, 1.807) is 42.5 Å². The van der Waals surface area contributed by atoms with Crippen molar-refractivity contribution in [1.29, 1.82) is 0 Å². The number of benzene rings is 3. The first-order valence-electron chi connectivity index (χ1n) is 10.8. The van der Waals surface area contributed by atoms with Crippen molar-refractivity contribution in [2.45, 2.75) is 25.2 Å². The van der Waals surface area contributed by atoms with E-state index in [1.165, 1.54) is 25.5 Å². The Kier molecular flexibility index (Phi) is 9.52. The van der Waals surface area contributed by atoms with Crippen LogP contribution in [0.5, 0.6) is 17.2 Å². The average Bonchev–Trinajstić information content (AvgIpc) is 2.84. The summed E-state index contributed by atoms with van der Waals surface area (Å²) in [6.07, 6.45) is 2.13. The summed E-state index contributed by atoms with van der Waals surface area (Å²) < 4.78 is 43.0. The van der Waals surface area contributed by atoms with E-state index in [9.17, 15) is 13.2 Å². The first kappa shape index (κ1) is 27.7. The van der Waals surface area contributed by atoms with Crippen molar-refractivity contribution in [1.82, 2.24) is 5.43 Å². The van der Waals surface area contributed by atoms with Crippen LogP contribution in [-0.2, 0) is 10.1 Å². The Morgan fingerprint density at radius 3 is 2.44 bits per heavy atom. The standard InChI is InChI=1S/C25H24Br2N2O6S/c1-4-11-34-22-10-7-17(13-23(22)33-3)25(30)29-28-15-18-12-19(26)14-21(27)24(18)35-36(31,32)20-8-5-16(2)6-9-20/h5-10,12-15H,4,11H2,1-3H3,(H,29,30)/b28-15+. The quantitative estimate of drug-likeness (QED) is 0.170. The summed E-state index contributed by atoms with van der Waals surface area (Å²) in [5.41, 5.74) is 3.97. The highest BCUT2D eigenvalue weighted by molar-refractivity contribution is 9.11. The molecule has 1 N–H and O–H groups in total. The monoisotopic (exact) mass is 638 g/mol. The number of hydrogen-bond acceptors (Lipinski definition) is 7. The van der Waals surface area contributed by atoms with Gasteiger partial charge in [0.1, 0.15) is 4.90 Å². The molecule has 0 bridgehead atoms. The molecule has 0 aliphatic carbocycles. The summed E-state index contributed by atoms with van der Waals surface area (Å²) in [6.45, 7) is 4.37. The molecule has 0 heterocycles. The van der Waals surface area contributed by atoms with Crippen molar-refractivity contribution in [2.75, 3.05) is 13.7 Å². The van der Waals surface area contributed by atoms with Crippen LogP contribution in [0.4, 0.5) is 0 Å². The van der Waals surface area contributed by atoms with E-state index in [0.29, 0.717) is 38.2 Å². The fourth-order valence-electron chi connectivity index (χ4n) is 2.99. The van der Waals surface area contributed by atoms with Crippen LogP contribution in [0.2, 0.25) is 0 Å². The van der Waals surface area contributed by atoms with Crippen LogP contribution in [0, 0.1) is 6.92 Å². The van der Waals surface area contributed by atoms with Crippen molar-refractivity contribution in [2.24, 2.45) is 5.10 Å². The fraction of sp³-hybridized carbons (Fsp3) is 0.200. The Bertz CT molecular complexity index is 1380. The van der Waals surface area contributed by atoms with Crippen LogP contribution < -0.4 is 19.1 Å². The number of carbonyl (C=O) groups is 1. The topological polar surface area (TPSA) is 103 Å². The SMILES string of the molecule is CCCOc1ccc(C(=O)N/N=C/c2cc(Br)cc(Br)c2OS(=O)(=O)c2ccc(C)cc2)cc1OC. The van der Waals surface area contributed by atoms with Gasteiger partial charge in [-0.2, -0.15) is 13.5 Å². The summed E-state index contributed by atoms with van der Waals surface area (Å²) in [4.78, 5) is 12.6. The van der Waals surface area contributed by atoms with E-state index in [1.807, 2.05) is 13.8 Å². The van der Waals surface area contributed by atoms with Gasteiger partial charge in [-0.25, -0.2) is 5.43 Å². The Hall–Kier alpha value is -2.89. The van der Waals surface area contributed by atoms with Gasteiger partial charge in [0, 0.05) is 15.6 Å². The molecule has 0 saturated heterocycles. The summed E-state index contributed by atoms with van der Waals surface area (Å²) >= 11 is 6.71. The molecule has 0 atom stereocenters. The molecule has 36 heavy (non-hydrogen) atoms. The minimum absolute atomic E-state index is 0.0134. The lowest BCUT2D eigenvalue weighted by atomic mass is 10.2. The van der Waals surface area contributed by atoms with Crippen LogP contribution >= 0.6 is 31.9 Å². The molecular weight excluding hydrogens is 616 g/mol. The van der Waals surface area contributed by atoms with Gasteiger partial charge < -0.3 is 13.7 Å². The van der Waals surface area contributed by atoms with E-state index in [2.05, 4.69) is 42.4 Å². The van der Waals surface area contributed by atoms with Gasteiger partial charge in [-0.1, -0.05) is 40.5 Å². The molecule has 0 fully saturated rings. The highest BCUT2D eigenvalue weighted by Crippen LogP contribution is 2.34. The molecule has 3 rings (SSSR count). The molecule has 3 aromatic carbocycles. The van der Waals surface area contributed by atoms with Crippen molar-refractivity contribution >= 4 is 54.1 Å². The zero-order valence-electron chi connectivity index (χ0n) is 19.7. The highest BCUT2D eigenvalue weighted by Gasteiger charge is 2.21. The van der Waals surface area contributed by atoms with Crippen LogP contribution in [-0.4, -0.2) is 34.3 Å². The normalized spacial score (nSPS) is 11.4. The van der Waals surface area contributed by atoms with Crippen LogP contribution in [0.25, 0.3) is 0 Å². The number of hydrogen-bond donors (Lipinski definition) is 1. The minimum Gasteiger partial charge on any atom is -0.493 e. The Labute approximate surface area is 227 Å². The number of nitrogens with one attached hydrogen (secondary N) is 1. The maximum atomic E-state index is 12.8. The Balaban J connectivity index is 1.81. The number of rotatable bonds is 10. The zero-order chi connectivity index (χ0) is 26.3. The molecule has 190 valence electrons.